The molecule has 0 spiro atoms. The van der Waals surface area contributed by atoms with Gasteiger partial charge in [-0.05, 0) is 24.3 Å². The maximum atomic E-state index is 12.7. The minimum atomic E-state index is -0.467. The molecule has 0 atom stereocenters. The molecule has 21 heavy (non-hydrogen) atoms. The molecule has 5 nitrogen and oxygen atoms in total. The van der Waals surface area contributed by atoms with Gasteiger partial charge >= 0.3 is 6.03 Å². The highest BCUT2D eigenvalue weighted by atomic mass is 32.1. The van der Waals surface area contributed by atoms with Crippen molar-refractivity contribution in [1.82, 2.24) is 4.98 Å². The average Bonchev–Trinajstić information content (AvgIpc) is 2.89. The third kappa shape index (κ3) is 4.87. The zero-order chi connectivity index (χ0) is 15.1. The van der Waals surface area contributed by atoms with Crippen molar-refractivity contribution in [3.05, 3.63) is 41.2 Å². The molecule has 2 aromatic rings. The number of thiazole rings is 1. The number of nitrogens with one attached hydrogen (secondary N) is 2. The number of aromatic nitrogens is 1. The fraction of sp³-hybridized carbons (Fsp3) is 0.143. The van der Waals surface area contributed by atoms with Crippen LogP contribution in [0.1, 0.15) is 11.3 Å². The third-order valence-electron chi connectivity index (χ3n) is 2.28. The molecule has 0 aliphatic rings. The molecule has 1 heterocycles. The minimum Gasteiger partial charge on any atom is -0.395 e. The Morgan fingerprint density at radius 2 is 2.10 bits per heavy atom. The lowest BCUT2D eigenvalue weighted by Crippen LogP contribution is -2.19. The Kier molecular flexibility index (Phi) is 5.26. The van der Waals surface area contributed by atoms with Crippen LogP contribution in [0.5, 0.6) is 0 Å². The van der Waals surface area contributed by atoms with Gasteiger partial charge in [0.2, 0.25) is 0 Å². The Bertz CT molecular complexity index is 674. The lowest BCUT2D eigenvalue weighted by Gasteiger charge is -2.04. The number of hydrogen-bond donors (Lipinski definition) is 3. The molecule has 0 bridgehead atoms. The van der Waals surface area contributed by atoms with E-state index in [4.69, 9.17) is 5.11 Å². The first kappa shape index (κ1) is 15.0. The number of rotatable bonds is 3. The van der Waals surface area contributed by atoms with E-state index in [-0.39, 0.29) is 12.4 Å². The van der Waals surface area contributed by atoms with Gasteiger partial charge in [0.05, 0.1) is 17.7 Å². The third-order valence-corrected chi connectivity index (χ3v) is 3.10. The predicted molar refractivity (Wildman–Crippen MR) is 79.7 cm³/mol. The average molecular weight is 305 g/mol. The van der Waals surface area contributed by atoms with Crippen LogP contribution in [0.15, 0.2) is 30.5 Å². The maximum Gasteiger partial charge on any atom is 0.325 e. The van der Waals surface area contributed by atoms with Crippen molar-refractivity contribution in [1.29, 1.82) is 0 Å². The van der Waals surface area contributed by atoms with Crippen molar-refractivity contribution in [3.8, 4) is 11.8 Å². The van der Waals surface area contributed by atoms with Gasteiger partial charge in [-0.2, -0.15) is 0 Å². The van der Waals surface area contributed by atoms with Crippen LogP contribution in [0, 0.1) is 17.7 Å². The first-order valence-electron chi connectivity index (χ1n) is 6.06. The predicted octanol–water partition coefficient (Wildman–Crippen LogP) is 2.66. The highest BCUT2D eigenvalue weighted by Gasteiger charge is 2.06. The first-order valence-corrected chi connectivity index (χ1v) is 6.88. The van der Waals surface area contributed by atoms with Crippen molar-refractivity contribution < 1.29 is 14.3 Å². The standard InChI is InChI=1S/C14H12FN3O2S/c15-10-4-6-11(7-5-10)17-13(20)18-14-16-9-12(21-14)3-1-2-8-19/h4-7,9,19H,2,8H2,(H2,16,17,18,20). The molecule has 0 saturated heterocycles. The monoisotopic (exact) mass is 305 g/mol. The summed E-state index contributed by atoms with van der Waals surface area (Å²) in [6.45, 7) is 0.0109. The number of benzene rings is 1. The molecule has 0 fully saturated rings. The van der Waals surface area contributed by atoms with E-state index in [0.29, 0.717) is 22.1 Å². The van der Waals surface area contributed by atoms with E-state index in [1.807, 2.05) is 0 Å². The van der Waals surface area contributed by atoms with Crippen molar-refractivity contribution in [2.24, 2.45) is 0 Å². The lowest BCUT2D eigenvalue weighted by molar-refractivity contribution is 0.262. The summed E-state index contributed by atoms with van der Waals surface area (Å²) in [6.07, 6.45) is 1.94. The van der Waals surface area contributed by atoms with Crippen molar-refractivity contribution in [2.45, 2.75) is 6.42 Å². The van der Waals surface area contributed by atoms with Gasteiger partial charge in [0.15, 0.2) is 5.13 Å². The molecular formula is C14H12FN3O2S. The van der Waals surface area contributed by atoms with E-state index in [9.17, 15) is 9.18 Å². The van der Waals surface area contributed by atoms with Crippen molar-refractivity contribution in [2.75, 3.05) is 17.2 Å². The van der Waals surface area contributed by atoms with Crippen LogP contribution in [-0.4, -0.2) is 22.7 Å². The molecular weight excluding hydrogens is 293 g/mol. The van der Waals surface area contributed by atoms with E-state index < -0.39 is 6.03 Å². The van der Waals surface area contributed by atoms with E-state index in [0.717, 1.165) is 0 Å². The van der Waals surface area contributed by atoms with Gasteiger partial charge in [0.25, 0.3) is 0 Å². The molecule has 0 aliphatic heterocycles. The Balaban J connectivity index is 1.91. The zero-order valence-electron chi connectivity index (χ0n) is 10.9. The highest BCUT2D eigenvalue weighted by Crippen LogP contribution is 2.17. The van der Waals surface area contributed by atoms with Crippen LogP contribution in [0.3, 0.4) is 0 Å². The molecule has 0 unspecified atom stereocenters. The molecule has 2 rings (SSSR count). The number of aliphatic hydroxyl groups is 1. The summed E-state index contributed by atoms with van der Waals surface area (Å²) in [5.74, 6) is 5.23. The molecule has 3 N–H and O–H groups in total. The molecule has 1 aromatic carbocycles. The molecule has 0 saturated carbocycles. The van der Waals surface area contributed by atoms with Crippen LogP contribution >= 0.6 is 11.3 Å². The van der Waals surface area contributed by atoms with Crippen LogP contribution in [-0.2, 0) is 0 Å². The number of halogens is 1. The van der Waals surface area contributed by atoms with Crippen LogP contribution in [0.2, 0.25) is 0 Å². The number of urea groups is 1. The number of amides is 2. The minimum absolute atomic E-state index is 0.0109. The summed E-state index contributed by atoms with van der Waals surface area (Å²) in [7, 11) is 0. The zero-order valence-corrected chi connectivity index (χ0v) is 11.7. The summed E-state index contributed by atoms with van der Waals surface area (Å²) in [4.78, 5) is 16.4. The van der Waals surface area contributed by atoms with Gasteiger partial charge in [0, 0.05) is 12.1 Å². The second kappa shape index (κ2) is 7.38. The fourth-order valence-corrected chi connectivity index (χ4v) is 2.07. The van der Waals surface area contributed by atoms with E-state index in [2.05, 4.69) is 27.5 Å². The Labute approximate surface area is 124 Å². The number of anilines is 2. The first-order chi connectivity index (χ1) is 10.2. The van der Waals surface area contributed by atoms with E-state index >= 15 is 0 Å². The second-order valence-corrected chi connectivity index (χ2v) is 4.92. The van der Waals surface area contributed by atoms with Gasteiger partial charge in [-0.25, -0.2) is 14.2 Å². The number of aliphatic hydroxyl groups excluding tert-OH is 1. The molecule has 1 aromatic heterocycles. The van der Waals surface area contributed by atoms with E-state index in [1.54, 1.807) is 6.20 Å². The largest absolute Gasteiger partial charge is 0.395 e. The highest BCUT2D eigenvalue weighted by molar-refractivity contribution is 7.16. The molecule has 2 amide bonds. The smallest absolute Gasteiger partial charge is 0.325 e. The fourth-order valence-electron chi connectivity index (χ4n) is 1.39. The molecule has 0 aliphatic carbocycles. The van der Waals surface area contributed by atoms with Gasteiger partial charge < -0.3 is 10.4 Å². The van der Waals surface area contributed by atoms with Crippen molar-refractivity contribution in [3.63, 3.8) is 0 Å². The summed E-state index contributed by atoms with van der Waals surface area (Å²) < 4.78 is 12.7. The van der Waals surface area contributed by atoms with E-state index in [1.165, 1.54) is 35.6 Å². The summed E-state index contributed by atoms with van der Waals surface area (Å²) >= 11 is 1.23. The Hall–Kier alpha value is -2.43. The number of carbonyl (C=O) groups excluding carboxylic acids is 1. The van der Waals surface area contributed by atoms with Crippen molar-refractivity contribution >= 4 is 28.2 Å². The number of nitrogens with zero attached hydrogens (tertiary/aromatic N) is 1. The topological polar surface area (TPSA) is 74.2 Å². The van der Waals surface area contributed by atoms with Gasteiger partial charge in [-0.1, -0.05) is 23.2 Å². The summed E-state index contributed by atoms with van der Waals surface area (Å²) in [5.41, 5.74) is 0.480. The number of carbonyl (C=O) groups is 1. The molecule has 7 heteroatoms. The van der Waals surface area contributed by atoms with Crippen LogP contribution in [0.25, 0.3) is 0 Å². The summed E-state index contributed by atoms with van der Waals surface area (Å²) in [5, 5.41) is 14.2. The molecule has 0 radical (unpaired) electrons. The maximum absolute atomic E-state index is 12.7. The van der Waals surface area contributed by atoms with Crippen LogP contribution < -0.4 is 10.6 Å². The Morgan fingerprint density at radius 1 is 1.33 bits per heavy atom. The number of hydrogen-bond acceptors (Lipinski definition) is 4. The van der Waals surface area contributed by atoms with Crippen LogP contribution in [0.4, 0.5) is 20.0 Å². The Morgan fingerprint density at radius 3 is 2.81 bits per heavy atom. The van der Waals surface area contributed by atoms with Gasteiger partial charge in [-0.3, -0.25) is 5.32 Å². The SMILES string of the molecule is O=C(Nc1ccc(F)cc1)Nc1ncc(C#CCCO)s1. The normalized spacial score (nSPS) is 9.62. The van der Waals surface area contributed by atoms with Gasteiger partial charge in [-0.15, -0.1) is 0 Å². The second-order valence-electron chi connectivity index (χ2n) is 3.89. The van der Waals surface area contributed by atoms with Gasteiger partial charge in [0.1, 0.15) is 5.82 Å². The molecule has 108 valence electrons. The summed E-state index contributed by atoms with van der Waals surface area (Å²) in [6, 6.07) is 4.97. The quantitative estimate of drug-likeness (QED) is 0.763. The lowest BCUT2D eigenvalue weighted by atomic mass is 10.3.